The maximum Gasteiger partial charge on any atom is 0.261 e. The summed E-state index contributed by atoms with van der Waals surface area (Å²) in [5.74, 6) is 0.808. The number of hydrogen-bond acceptors (Lipinski definition) is 3. The number of nitriles is 1. The average molecular weight is 391 g/mol. The molecule has 2 aromatic rings. The van der Waals surface area contributed by atoms with E-state index in [1.807, 2.05) is 50.2 Å². The molecule has 4 heteroatoms. The largest absolute Gasteiger partial charge is 0.494 e. The first kappa shape index (κ1) is 22.2. The van der Waals surface area contributed by atoms with E-state index < -0.39 is 0 Å². The Labute approximate surface area is 174 Å². The van der Waals surface area contributed by atoms with E-state index in [9.17, 15) is 10.1 Å². The Bertz CT molecular complexity index is 893. The highest BCUT2D eigenvalue weighted by Gasteiger charge is 2.13. The molecule has 0 saturated heterocycles. The van der Waals surface area contributed by atoms with Gasteiger partial charge in [-0.25, -0.2) is 0 Å². The van der Waals surface area contributed by atoms with Crippen LogP contribution in [0.1, 0.15) is 55.4 Å². The predicted molar refractivity (Wildman–Crippen MR) is 118 cm³/mol. The Hall–Kier alpha value is -3.06. The average Bonchev–Trinajstić information content (AvgIpc) is 2.71. The van der Waals surface area contributed by atoms with Crippen molar-refractivity contribution < 1.29 is 9.53 Å². The number of carbonyl (C=O) groups is 1. The molecule has 4 nitrogen and oxygen atoms in total. The lowest BCUT2D eigenvalue weighted by atomic mass is 9.95. The fraction of sp³-hybridized carbons (Fsp3) is 0.360. The summed E-state index contributed by atoms with van der Waals surface area (Å²) in [7, 11) is 0. The van der Waals surface area contributed by atoms with E-state index >= 15 is 0 Å². The summed E-state index contributed by atoms with van der Waals surface area (Å²) < 4.78 is 5.75. The maximum absolute atomic E-state index is 12.5. The van der Waals surface area contributed by atoms with Crippen molar-refractivity contribution in [3.8, 4) is 11.8 Å². The highest BCUT2D eigenvalue weighted by molar-refractivity contribution is 6.01. The van der Waals surface area contributed by atoms with Crippen molar-refractivity contribution in [1.29, 1.82) is 5.26 Å². The van der Waals surface area contributed by atoms with Gasteiger partial charge in [-0.15, -0.1) is 0 Å². The van der Waals surface area contributed by atoms with Crippen molar-refractivity contribution >= 4 is 12.0 Å². The molecule has 0 aliphatic rings. The number of nitrogens with one attached hydrogen (secondary N) is 1. The van der Waals surface area contributed by atoms with Crippen molar-refractivity contribution in [2.45, 2.75) is 46.5 Å². The molecular weight excluding hydrogens is 360 g/mol. The topological polar surface area (TPSA) is 62.1 Å². The molecule has 0 aromatic heterocycles. The van der Waals surface area contributed by atoms with E-state index in [0.29, 0.717) is 13.2 Å². The van der Waals surface area contributed by atoms with Crippen molar-refractivity contribution in [1.82, 2.24) is 5.32 Å². The van der Waals surface area contributed by atoms with E-state index in [1.54, 1.807) is 6.08 Å². The zero-order chi connectivity index (χ0) is 21.2. The number of hydrogen-bond donors (Lipinski definition) is 1. The highest BCUT2D eigenvalue weighted by atomic mass is 16.5. The molecule has 0 aliphatic carbocycles. The molecule has 0 fully saturated rings. The summed E-state index contributed by atoms with van der Waals surface area (Å²) >= 11 is 0. The number of ether oxygens (including phenoxy) is 1. The van der Waals surface area contributed by atoms with Gasteiger partial charge in [0.25, 0.3) is 5.91 Å². The van der Waals surface area contributed by atoms with Gasteiger partial charge in [-0.3, -0.25) is 4.79 Å². The molecule has 0 saturated carbocycles. The van der Waals surface area contributed by atoms with Crippen LogP contribution in [0.25, 0.3) is 6.08 Å². The number of benzene rings is 2. The number of carbonyl (C=O) groups excluding carboxylic acids is 1. The van der Waals surface area contributed by atoms with Crippen molar-refractivity contribution in [3.63, 3.8) is 0 Å². The van der Waals surface area contributed by atoms with E-state index in [1.165, 1.54) is 5.56 Å². The number of amides is 1. The highest BCUT2D eigenvalue weighted by Crippen LogP contribution is 2.31. The minimum Gasteiger partial charge on any atom is -0.494 e. The zero-order valence-corrected chi connectivity index (χ0v) is 17.8. The van der Waals surface area contributed by atoms with Crippen LogP contribution < -0.4 is 10.1 Å². The van der Waals surface area contributed by atoms with Gasteiger partial charge in [0.15, 0.2) is 0 Å². The molecule has 1 amide bonds. The Kier molecular flexibility index (Phi) is 8.48. The number of nitrogens with zero attached hydrogens (tertiary/aromatic N) is 1. The van der Waals surface area contributed by atoms with E-state index in [4.69, 9.17) is 4.74 Å². The van der Waals surface area contributed by atoms with Crippen LogP contribution in [0.15, 0.2) is 48.0 Å². The van der Waals surface area contributed by atoms with Gasteiger partial charge in [-0.05, 0) is 73.1 Å². The second kappa shape index (κ2) is 11.1. The van der Waals surface area contributed by atoms with Crippen LogP contribution in [0.5, 0.6) is 5.75 Å². The summed E-state index contributed by atoms with van der Waals surface area (Å²) in [6, 6.07) is 16.2. The molecule has 0 atom stereocenters. The number of aryl methyl sites for hydroxylation is 2. The van der Waals surface area contributed by atoms with Crippen LogP contribution >= 0.6 is 0 Å². The Morgan fingerprint density at radius 2 is 1.97 bits per heavy atom. The van der Waals surface area contributed by atoms with Crippen molar-refractivity contribution in [2.75, 3.05) is 13.2 Å². The molecule has 2 rings (SSSR count). The molecular formula is C25H30N2O2. The third-order valence-electron chi connectivity index (χ3n) is 4.76. The van der Waals surface area contributed by atoms with Crippen LogP contribution in [0.4, 0.5) is 0 Å². The molecule has 0 unspecified atom stereocenters. The summed E-state index contributed by atoms with van der Waals surface area (Å²) in [5.41, 5.74) is 4.27. The zero-order valence-electron chi connectivity index (χ0n) is 17.8. The van der Waals surface area contributed by atoms with Crippen LogP contribution in [0, 0.1) is 18.3 Å². The fourth-order valence-corrected chi connectivity index (χ4v) is 3.14. The Balaban J connectivity index is 2.08. The van der Waals surface area contributed by atoms with Gasteiger partial charge in [0.2, 0.25) is 0 Å². The van der Waals surface area contributed by atoms with Crippen LogP contribution in [0.2, 0.25) is 0 Å². The summed E-state index contributed by atoms with van der Waals surface area (Å²) in [4.78, 5) is 12.5. The fourth-order valence-electron chi connectivity index (χ4n) is 3.14. The minimum absolute atomic E-state index is 0.117. The maximum atomic E-state index is 12.5. The van der Waals surface area contributed by atoms with Gasteiger partial charge in [-0.1, -0.05) is 44.2 Å². The van der Waals surface area contributed by atoms with Crippen molar-refractivity contribution in [3.05, 3.63) is 70.3 Å². The normalized spacial score (nSPS) is 11.2. The first-order valence-electron chi connectivity index (χ1n) is 10.2. The molecule has 1 N–H and O–H groups in total. The second-order valence-corrected chi connectivity index (χ2v) is 7.35. The summed E-state index contributed by atoms with van der Waals surface area (Å²) in [6.45, 7) is 9.26. The quantitative estimate of drug-likeness (QED) is 0.365. The van der Waals surface area contributed by atoms with Gasteiger partial charge in [-0.2, -0.15) is 5.26 Å². The molecule has 0 radical (unpaired) electrons. The lowest BCUT2D eigenvalue weighted by Gasteiger charge is -2.16. The second-order valence-electron chi connectivity index (χ2n) is 7.35. The van der Waals surface area contributed by atoms with Gasteiger partial charge in [0.1, 0.15) is 17.4 Å². The van der Waals surface area contributed by atoms with E-state index in [2.05, 4.69) is 31.3 Å². The molecule has 0 aliphatic heterocycles. The lowest BCUT2D eigenvalue weighted by Crippen LogP contribution is -2.25. The first-order chi connectivity index (χ1) is 14.0. The van der Waals surface area contributed by atoms with E-state index in [0.717, 1.165) is 35.3 Å². The summed E-state index contributed by atoms with van der Waals surface area (Å²) in [5, 5.41) is 12.4. The third kappa shape index (κ3) is 6.50. The first-order valence-corrected chi connectivity index (χ1v) is 10.2. The van der Waals surface area contributed by atoms with E-state index in [-0.39, 0.29) is 17.4 Å². The molecule has 2 aromatic carbocycles. The third-order valence-corrected chi connectivity index (χ3v) is 4.76. The molecule has 29 heavy (non-hydrogen) atoms. The Morgan fingerprint density at radius 1 is 1.24 bits per heavy atom. The number of rotatable bonds is 9. The standard InChI is InChI=1S/C25H30N2O2/c1-5-29-24-14-19(4)21(16-23(24)18(2)3)15-22(17-26)25(28)27-13-9-12-20-10-7-6-8-11-20/h6-8,10-11,14-16,18H,5,9,12-13H2,1-4H3,(H,27,28)/b22-15-. The van der Waals surface area contributed by atoms with Gasteiger partial charge >= 0.3 is 0 Å². The smallest absolute Gasteiger partial charge is 0.261 e. The molecule has 0 bridgehead atoms. The van der Waals surface area contributed by atoms with Gasteiger partial charge in [0.05, 0.1) is 6.61 Å². The van der Waals surface area contributed by atoms with Crippen LogP contribution in [-0.2, 0) is 11.2 Å². The SMILES string of the molecule is CCOc1cc(C)c(/C=C(/C#N)C(=O)NCCCc2ccccc2)cc1C(C)C. The van der Waals surface area contributed by atoms with Crippen molar-refractivity contribution in [2.24, 2.45) is 0 Å². The molecule has 152 valence electrons. The summed E-state index contributed by atoms with van der Waals surface area (Å²) in [6.07, 6.45) is 3.39. The lowest BCUT2D eigenvalue weighted by molar-refractivity contribution is -0.117. The minimum atomic E-state index is -0.333. The van der Waals surface area contributed by atoms with Gasteiger partial charge < -0.3 is 10.1 Å². The predicted octanol–water partition coefficient (Wildman–Crippen LogP) is 5.17. The van der Waals surface area contributed by atoms with Crippen LogP contribution in [-0.4, -0.2) is 19.1 Å². The van der Waals surface area contributed by atoms with Crippen LogP contribution in [0.3, 0.4) is 0 Å². The molecule has 0 spiro atoms. The molecule has 0 heterocycles. The van der Waals surface area contributed by atoms with Gasteiger partial charge in [0, 0.05) is 6.54 Å². The monoisotopic (exact) mass is 390 g/mol. The Morgan fingerprint density at radius 3 is 2.59 bits per heavy atom.